The number of carbonyl (C=O) groups excluding carboxylic acids is 1. The average Bonchev–Trinajstić information content (AvgIpc) is 2.75. The minimum Gasteiger partial charge on any atom is -0.463 e. The molecule has 0 radical (unpaired) electrons. The van der Waals surface area contributed by atoms with Crippen molar-refractivity contribution in [1.82, 2.24) is 14.9 Å². The van der Waals surface area contributed by atoms with Gasteiger partial charge in [-0.2, -0.15) is 4.98 Å². The molecule has 5 nitrogen and oxygen atoms in total. The Labute approximate surface area is 105 Å². The van der Waals surface area contributed by atoms with Gasteiger partial charge in [-0.25, -0.2) is 4.98 Å². The summed E-state index contributed by atoms with van der Waals surface area (Å²) in [6, 6.07) is 1.89. The van der Waals surface area contributed by atoms with Crippen LogP contribution in [0.5, 0.6) is 6.01 Å². The molecular weight excluding hydrogens is 242 g/mol. The molecule has 1 fully saturated rings. The van der Waals surface area contributed by atoms with Gasteiger partial charge < -0.3 is 9.64 Å². The first-order valence-corrected chi connectivity index (χ1v) is 5.90. The van der Waals surface area contributed by atoms with Crippen molar-refractivity contribution >= 4 is 17.5 Å². The number of nitrogens with zero attached hydrogens (tertiary/aromatic N) is 3. The molecule has 1 aromatic rings. The molecule has 6 heteroatoms. The third-order valence-corrected chi connectivity index (χ3v) is 2.99. The zero-order valence-electron chi connectivity index (χ0n) is 9.60. The molecule has 0 saturated carbocycles. The van der Waals surface area contributed by atoms with E-state index in [9.17, 15) is 4.79 Å². The Morgan fingerprint density at radius 2 is 2.53 bits per heavy atom. The molecule has 1 amide bonds. The Hall–Kier alpha value is -1.36. The maximum Gasteiger partial charge on any atom is 0.317 e. The number of hydrogen-bond donors (Lipinski definition) is 0. The number of hydrogen-bond acceptors (Lipinski definition) is 4. The van der Waals surface area contributed by atoms with Crippen LogP contribution in [0.25, 0.3) is 0 Å². The Kier molecular flexibility index (Phi) is 3.78. The van der Waals surface area contributed by atoms with Crippen LogP contribution in [0.2, 0.25) is 5.15 Å². The fourth-order valence-corrected chi connectivity index (χ4v) is 1.97. The van der Waals surface area contributed by atoms with Gasteiger partial charge in [-0.1, -0.05) is 11.6 Å². The maximum atomic E-state index is 11.2. The molecule has 0 aromatic carbocycles. The lowest BCUT2D eigenvalue weighted by Crippen LogP contribution is -2.27. The summed E-state index contributed by atoms with van der Waals surface area (Å²) in [7, 11) is 0. The highest BCUT2D eigenvalue weighted by Gasteiger charge is 2.24. The second-order valence-electron chi connectivity index (χ2n) is 4.09. The summed E-state index contributed by atoms with van der Waals surface area (Å²) < 4.78 is 5.45. The van der Waals surface area contributed by atoms with Crippen molar-refractivity contribution in [2.75, 3.05) is 19.7 Å². The molecule has 1 atom stereocenters. The largest absolute Gasteiger partial charge is 0.463 e. The number of halogens is 1. The van der Waals surface area contributed by atoms with E-state index in [0.717, 1.165) is 19.5 Å². The van der Waals surface area contributed by atoms with Crippen LogP contribution in [-0.4, -0.2) is 40.5 Å². The van der Waals surface area contributed by atoms with Gasteiger partial charge in [0.1, 0.15) is 5.15 Å². The lowest BCUT2D eigenvalue weighted by Gasteiger charge is -2.13. The van der Waals surface area contributed by atoms with Gasteiger partial charge in [-0.05, 0) is 12.5 Å². The van der Waals surface area contributed by atoms with Gasteiger partial charge >= 0.3 is 6.01 Å². The number of aromatic nitrogens is 2. The Balaban J connectivity index is 1.82. The molecule has 1 aliphatic heterocycles. The lowest BCUT2D eigenvalue weighted by molar-refractivity contribution is -0.127. The molecule has 1 aromatic heterocycles. The SMILES string of the molecule is CC(=O)N1CCC(COc2nccc(Cl)n2)C1. The summed E-state index contributed by atoms with van der Waals surface area (Å²) in [6.45, 7) is 3.66. The van der Waals surface area contributed by atoms with E-state index in [1.54, 1.807) is 19.2 Å². The molecule has 0 N–H and O–H groups in total. The van der Waals surface area contributed by atoms with E-state index in [1.807, 2.05) is 4.90 Å². The fraction of sp³-hybridized carbons (Fsp3) is 0.545. The van der Waals surface area contributed by atoms with E-state index in [2.05, 4.69) is 9.97 Å². The molecule has 1 saturated heterocycles. The van der Waals surface area contributed by atoms with Gasteiger partial charge in [0.15, 0.2) is 0 Å². The van der Waals surface area contributed by atoms with Gasteiger partial charge in [0.05, 0.1) is 6.61 Å². The minimum absolute atomic E-state index is 0.117. The normalized spacial score (nSPS) is 19.4. The Morgan fingerprint density at radius 3 is 3.18 bits per heavy atom. The molecule has 0 spiro atoms. The molecular formula is C11H14ClN3O2. The van der Waals surface area contributed by atoms with Crippen LogP contribution in [0, 0.1) is 5.92 Å². The van der Waals surface area contributed by atoms with Crippen molar-refractivity contribution < 1.29 is 9.53 Å². The predicted octanol–water partition coefficient (Wildman–Crippen LogP) is 1.38. The number of likely N-dealkylation sites (tertiary alicyclic amines) is 1. The van der Waals surface area contributed by atoms with Crippen LogP contribution in [0.15, 0.2) is 12.3 Å². The summed E-state index contributed by atoms with van der Waals surface area (Å²) in [5.74, 6) is 0.466. The highest BCUT2D eigenvalue weighted by molar-refractivity contribution is 6.29. The smallest absolute Gasteiger partial charge is 0.317 e. The quantitative estimate of drug-likeness (QED) is 0.766. The first kappa shape index (κ1) is 12.1. The van der Waals surface area contributed by atoms with E-state index in [-0.39, 0.29) is 5.91 Å². The Bertz CT molecular complexity index is 413. The van der Waals surface area contributed by atoms with Crippen molar-refractivity contribution in [2.45, 2.75) is 13.3 Å². The van der Waals surface area contributed by atoms with E-state index >= 15 is 0 Å². The lowest BCUT2D eigenvalue weighted by atomic mass is 10.1. The zero-order valence-corrected chi connectivity index (χ0v) is 10.4. The molecule has 0 aliphatic carbocycles. The number of amides is 1. The van der Waals surface area contributed by atoms with Crippen LogP contribution >= 0.6 is 11.6 Å². The first-order valence-electron chi connectivity index (χ1n) is 5.52. The van der Waals surface area contributed by atoms with E-state index in [4.69, 9.17) is 16.3 Å². The molecule has 1 unspecified atom stereocenters. The zero-order chi connectivity index (χ0) is 12.3. The van der Waals surface area contributed by atoms with Crippen LogP contribution in [0.1, 0.15) is 13.3 Å². The fourth-order valence-electron chi connectivity index (χ4n) is 1.84. The third-order valence-electron chi connectivity index (χ3n) is 2.78. The molecule has 1 aliphatic rings. The first-order chi connectivity index (χ1) is 8.15. The van der Waals surface area contributed by atoms with Crippen molar-refractivity contribution in [3.05, 3.63) is 17.4 Å². The monoisotopic (exact) mass is 255 g/mol. The van der Waals surface area contributed by atoms with Gasteiger partial charge in [0.2, 0.25) is 5.91 Å². The van der Waals surface area contributed by atoms with Gasteiger partial charge in [-0.15, -0.1) is 0 Å². The molecule has 2 rings (SSSR count). The van der Waals surface area contributed by atoms with Crippen LogP contribution < -0.4 is 4.74 Å². The predicted molar refractivity (Wildman–Crippen MR) is 62.9 cm³/mol. The molecule has 17 heavy (non-hydrogen) atoms. The van der Waals surface area contributed by atoms with Crippen LogP contribution in [0.3, 0.4) is 0 Å². The summed E-state index contributed by atoms with van der Waals surface area (Å²) in [4.78, 5) is 20.9. The summed E-state index contributed by atoms with van der Waals surface area (Å²) in [6.07, 6.45) is 2.52. The van der Waals surface area contributed by atoms with E-state index in [0.29, 0.717) is 23.7 Å². The van der Waals surface area contributed by atoms with Crippen molar-refractivity contribution in [1.29, 1.82) is 0 Å². The van der Waals surface area contributed by atoms with Crippen molar-refractivity contribution in [2.24, 2.45) is 5.92 Å². The van der Waals surface area contributed by atoms with Crippen LogP contribution in [-0.2, 0) is 4.79 Å². The van der Waals surface area contributed by atoms with E-state index in [1.165, 1.54) is 0 Å². The molecule has 0 bridgehead atoms. The highest BCUT2D eigenvalue weighted by atomic mass is 35.5. The van der Waals surface area contributed by atoms with Gasteiger partial charge in [-0.3, -0.25) is 4.79 Å². The number of rotatable bonds is 3. The second-order valence-corrected chi connectivity index (χ2v) is 4.48. The Morgan fingerprint density at radius 1 is 1.71 bits per heavy atom. The molecule has 92 valence electrons. The van der Waals surface area contributed by atoms with Crippen LogP contribution in [0.4, 0.5) is 0 Å². The summed E-state index contributed by atoms with van der Waals surface area (Å²) in [5, 5.41) is 0.367. The minimum atomic E-state index is 0.117. The van der Waals surface area contributed by atoms with Gasteiger partial charge in [0.25, 0.3) is 0 Å². The number of carbonyl (C=O) groups is 1. The maximum absolute atomic E-state index is 11.2. The average molecular weight is 256 g/mol. The van der Waals surface area contributed by atoms with Crippen molar-refractivity contribution in [3.8, 4) is 6.01 Å². The standard InChI is InChI=1S/C11H14ClN3O2/c1-8(16)15-5-3-9(6-15)7-17-11-13-4-2-10(12)14-11/h2,4,9H,3,5-7H2,1H3. The van der Waals surface area contributed by atoms with E-state index < -0.39 is 0 Å². The molecule has 2 heterocycles. The summed E-state index contributed by atoms with van der Waals surface area (Å²) >= 11 is 5.72. The van der Waals surface area contributed by atoms with Gasteiger partial charge in [0, 0.05) is 32.1 Å². The third kappa shape index (κ3) is 3.30. The topological polar surface area (TPSA) is 55.3 Å². The highest BCUT2D eigenvalue weighted by Crippen LogP contribution is 2.17. The number of ether oxygens (including phenoxy) is 1. The second kappa shape index (κ2) is 5.31. The van der Waals surface area contributed by atoms with Crippen molar-refractivity contribution in [3.63, 3.8) is 0 Å². The summed E-state index contributed by atoms with van der Waals surface area (Å²) in [5.41, 5.74) is 0.